The van der Waals surface area contributed by atoms with Crippen LogP contribution in [0.5, 0.6) is 0 Å². The lowest BCUT2D eigenvalue weighted by molar-refractivity contribution is -0.122. The number of hydrogen-bond donors (Lipinski definition) is 1. The fraction of sp³-hybridized carbons (Fsp3) is 0.250. The molecule has 2 heterocycles. The molecule has 1 aromatic heterocycles. The van der Waals surface area contributed by atoms with Crippen LogP contribution in [0, 0.1) is 11.6 Å². The van der Waals surface area contributed by atoms with Crippen molar-refractivity contribution in [3.63, 3.8) is 0 Å². The highest BCUT2D eigenvalue weighted by molar-refractivity contribution is 5.96. The van der Waals surface area contributed by atoms with E-state index in [-0.39, 0.29) is 30.1 Å². The molecule has 0 bridgehead atoms. The SMILES string of the molecule is CNc1cccc(N2CCN(C(C)Cn3nc(-c4ccc(F)cc4)nc3-c3ccc(F)cc3)CC2=O)c1. The summed E-state index contributed by atoms with van der Waals surface area (Å²) in [4.78, 5) is 21.7. The van der Waals surface area contributed by atoms with Crippen LogP contribution in [0.25, 0.3) is 22.8 Å². The first kappa shape index (κ1) is 24.6. The molecule has 5 rings (SSSR count). The van der Waals surface area contributed by atoms with Crippen LogP contribution in [0.1, 0.15) is 6.92 Å². The Morgan fingerprint density at radius 3 is 2.27 bits per heavy atom. The second kappa shape index (κ2) is 10.5. The minimum Gasteiger partial charge on any atom is -0.388 e. The van der Waals surface area contributed by atoms with Gasteiger partial charge in [-0.2, -0.15) is 5.10 Å². The van der Waals surface area contributed by atoms with Gasteiger partial charge in [-0.15, -0.1) is 0 Å². The van der Waals surface area contributed by atoms with E-state index in [2.05, 4.69) is 17.1 Å². The lowest BCUT2D eigenvalue weighted by Gasteiger charge is -2.37. The molecule has 9 heteroatoms. The molecular weight excluding hydrogens is 474 g/mol. The van der Waals surface area contributed by atoms with Crippen LogP contribution in [0.3, 0.4) is 0 Å². The number of amides is 1. The molecule has 3 aromatic carbocycles. The number of halogens is 2. The number of carbonyl (C=O) groups excluding carboxylic acids is 1. The van der Waals surface area contributed by atoms with Crippen LogP contribution in [0.4, 0.5) is 20.2 Å². The van der Waals surface area contributed by atoms with Gasteiger partial charge in [0.25, 0.3) is 0 Å². The van der Waals surface area contributed by atoms with E-state index in [9.17, 15) is 13.6 Å². The van der Waals surface area contributed by atoms with Gasteiger partial charge in [0, 0.05) is 48.7 Å². The van der Waals surface area contributed by atoms with Gasteiger partial charge in [-0.3, -0.25) is 9.69 Å². The molecule has 1 fully saturated rings. The van der Waals surface area contributed by atoms with E-state index in [0.29, 0.717) is 36.8 Å². The number of benzene rings is 3. The summed E-state index contributed by atoms with van der Waals surface area (Å²) in [6.07, 6.45) is 0. The van der Waals surface area contributed by atoms with Crippen LogP contribution in [0.15, 0.2) is 72.8 Å². The summed E-state index contributed by atoms with van der Waals surface area (Å²) in [6.45, 7) is 4.11. The lowest BCUT2D eigenvalue weighted by Crippen LogP contribution is -2.54. The number of nitrogens with one attached hydrogen (secondary N) is 1. The molecule has 1 aliphatic rings. The molecule has 4 aromatic rings. The zero-order valence-electron chi connectivity index (χ0n) is 20.7. The van der Waals surface area contributed by atoms with Gasteiger partial charge >= 0.3 is 0 Å². The van der Waals surface area contributed by atoms with Crippen molar-refractivity contribution in [1.82, 2.24) is 19.7 Å². The predicted octanol–water partition coefficient (Wildman–Crippen LogP) is 4.67. The van der Waals surface area contributed by atoms with Gasteiger partial charge < -0.3 is 10.2 Å². The molecule has 0 saturated carbocycles. The molecule has 1 amide bonds. The van der Waals surface area contributed by atoms with Crippen molar-refractivity contribution in [3.8, 4) is 22.8 Å². The molecule has 1 N–H and O–H groups in total. The van der Waals surface area contributed by atoms with Crippen molar-refractivity contribution in [1.29, 1.82) is 0 Å². The Morgan fingerprint density at radius 2 is 1.62 bits per heavy atom. The number of hydrogen-bond acceptors (Lipinski definition) is 5. The van der Waals surface area contributed by atoms with Gasteiger partial charge in [-0.05, 0) is 73.7 Å². The molecule has 1 aliphatic heterocycles. The number of aromatic nitrogens is 3. The van der Waals surface area contributed by atoms with Crippen molar-refractivity contribution in [2.45, 2.75) is 19.5 Å². The normalized spacial score (nSPS) is 15.1. The van der Waals surface area contributed by atoms with E-state index in [1.807, 2.05) is 36.2 Å². The third kappa shape index (κ3) is 5.36. The van der Waals surface area contributed by atoms with E-state index < -0.39 is 0 Å². The maximum Gasteiger partial charge on any atom is 0.241 e. The molecule has 190 valence electrons. The summed E-state index contributed by atoms with van der Waals surface area (Å²) in [6, 6.07) is 19.9. The monoisotopic (exact) mass is 502 g/mol. The highest BCUT2D eigenvalue weighted by Crippen LogP contribution is 2.25. The summed E-state index contributed by atoms with van der Waals surface area (Å²) < 4.78 is 28.8. The lowest BCUT2D eigenvalue weighted by atomic mass is 10.1. The third-order valence-corrected chi connectivity index (χ3v) is 6.63. The van der Waals surface area contributed by atoms with E-state index in [1.165, 1.54) is 24.3 Å². The fourth-order valence-electron chi connectivity index (χ4n) is 4.54. The maximum absolute atomic E-state index is 13.6. The highest BCUT2D eigenvalue weighted by atomic mass is 19.1. The van der Waals surface area contributed by atoms with Gasteiger partial charge in [0.1, 0.15) is 11.6 Å². The molecule has 0 aliphatic carbocycles. The zero-order chi connectivity index (χ0) is 25.9. The molecule has 7 nitrogen and oxygen atoms in total. The minimum atomic E-state index is -0.336. The molecule has 1 atom stereocenters. The average molecular weight is 503 g/mol. The molecule has 1 unspecified atom stereocenters. The zero-order valence-corrected chi connectivity index (χ0v) is 20.7. The van der Waals surface area contributed by atoms with Gasteiger partial charge in [0.2, 0.25) is 5.91 Å². The largest absolute Gasteiger partial charge is 0.388 e. The Kier molecular flexibility index (Phi) is 6.96. The fourth-order valence-corrected chi connectivity index (χ4v) is 4.54. The Balaban J connectivity index is 1.36. The molecule has 0 spiro atoms. The van der Waals surface area contributed by atoms with E-state index in [0.717, 1.165) is 16.9 Å². The van der Waals surface area contributed by atoms with Crippen molar-refractivity contribution in [3.05, 3.63) is 84.4 Å². The summed E-state index contributed by atoms with van der Waals surface area (Å²) >= 11 is 0. The van der Waals surface area contributed by atoms with Gasteiger partial charge in [-0.1, -0.05) is 6.07 Å². The van der Waals surface area contributed by atoms with Gasteiger partial charge in [-0.25, -0.2) is 18.4 Å². The third-order valence-electron chi connectivity index (χ3n) is 6.63. The van der Waals surface area contributed by atoms with Gasteiger partial charge in [0.15, 0.2) is 11.6 Å². The number of anilines is 2. The maximum atomic E-state index is 13.6. The quantitative estimate of drug-likeness (QED) is 0.398. The van der Waals surface area contributed by atoms with Crippen molar-refractivity contribution < 1.29 is 13.6 Å². The summed E-state index contributed by atoms with van der Waals surface area (Å²) in [5.41, 5.74) is 3.24. The Hall–Kier alpha value is -4.11. The van der Waals surface area contributed by atoms with E-state index in [1.54, 1.807) is 28.9 Å². The molecule has 0 radical (unpaired) electrons. The summed E-state index contributed by atoms with van der Waals surface area (Å²) in [5, 5.41) is 7.82. The standard InChI is InChI=1S/C28H28F2N6O/c1-19(34-14-15-35(26(37)18-34)25-5-3-4-24(16-25)31-2)17-36-28(21-8-12-23(30)13-9-21)32-27(33-36)20-6-10-22(29)11-7-20/h3-13,16,19,31H,14-15,17-18H2,1-2H3. The van der Waals surface area contributed by atoms with Crippen molar-refractivity contribution in [2.75, 3.05) is 36.9 Å². The van der Waals surface area contributed by atoms with E-state index in [4.69, 9.17) is 10.1 Å². The number of piperazine rings is 1. The summed E-state index contributed by atoms with van der Waals surface area (Å²) in [7, 11) is 1.85. The second-order valence-electron chi connectivity index (χ2n) is 9.12. The number of nitrogens with zero attached hydrogens (tertiary/aromatic N) is 5. The van der Waals surface area contributed by atoms with Crippen LogP contribution in [-0.2, 0) is 11.3 Å². The minimum absolute atomic E-state index is 0.0169. The Labute approximate surface area is 214 Å². The first-order chi connectivity index (χ1) is 17.9. The van der Waals surface area contributed by atoms with Crippen LogP contribution in [0.2, 0.25) is 0 Å². The Bertz CT molecular complexity index is 1390. The van der Waals surface area contributed by atoms with Crippen molar-refractivity contribution in [2.24, 2.45) is 0 Å². The average Bonchev–Trinajstić information content (AvgIpc) is 3.33. The Morgan fingerprint density at radius 1 is 0.946 bits per heavy atom. The smallest absolute Gasteiger partial charge is 0.241 e. The molecule has 1 saturated heterocycles. The first-order valence-electron chi connectivity index (χ1n) is 12.2. The summed E-state index contributed by atoms with van der Waals surface area (Å²) in [5.74, 6) is 0.406. The molecule has 37 heavy (non-hydrogen) atoms. The van der Waals surface area contributed by atoms with Crippen molar-refractivity contribution >= 4 is 17.3 Å². The topological polar surface area (TPSA) is 66.3 Å². The van der Waals surface area contributed by atoms with Crippen LogP contribution in [-0.4, -0.2) is 58.3 Å². The molecular formula is C28H28F2N6O. The van der Waals surface area contributed by atoms with Gasteiger partial charge in [0.05, 0.1) is 13.1 Å². The van der Waals surface area contributed by atoms with E-state index >= 15 is 0 Å². The number of rotatable bonds is 7. The van der Waals surface area contributed by atoms with Crippen LogP contribution >= 0.6 is 0 Å². The second-order valence-corrected chi connectivity index (χ2v) is 9.12. The van der Waals surface area contributed by atoms with Crippen LogP contribution < -0.4 is 10.2 Å². The number of carbonyl (C=O) groups is 1. The highest BCUT2D eigenvalue weighted by Gasteiger charge is 2.29. The predicted molar refractivity (Wildman–Crippen MR) is 140 cm³/mol. The first-order valence-corrected chi connectivity index (χ1v) is 12.2.